The molecule has 2 aliphatic heterocycles. The number of nitrogens with two attached hydrogens (primary N) is 1. The van der Waals surface area contributed by atoms with Crippen molar-refractivity contribution in [2.45, 2.75) is 50.7 Å². The summed E-state index contributed by atoms with van der Waals surface area (Å²) in [7, 11) is 0.300. The van der Waals surface area contributed by atoms with Crippen LogP contribution in [0.15, 0.2) is 0 Å². The number of phosphoric ester groups is 1. The van der Waals surface area contributed by atoms with Gasteiger partial charge < -0.3 is 30.2 Å². The predicted molar refractivity (Wildman–Crippen MR) is 119 cm³/mol. The van der Waals surface area contributed by atoms with Crippen molar-refractivity contribution in [1.29, 1.82) is 0 Å². The lowest BCUT2D eigenvalue weighted by Gasteiger charge is -2.54. The minimum absolute atomic E-state index is 0.0310. The summed E-state index contributed by atoms with van der Waals surface area (Å²) >= 11 is 6.10. The summed E-state index contributed by atoms with van der Waals surface area (Å²) in [5.41, 5.74) is 5.87. The standard InChI is InChI=1S/C18H31ClN5O7P/c1-7-18(24-10-21-12-14(20)22-16(19)23-15(12)24)9-29-17(2,3)31-13(18)11(26-4)8-30-32(25,27-5)28-6/h11,13,21H,7-10H2,1-6H3,(H2,20,22,23). The second-order valence-corrected chi connectivity index (χ2v) is 10.1. The molecule has 0 spiro atoms. The van der Waals surface area contributed by atoms with E-state index in [0.717, 1.165) is 0 Å². The Hall–Kier alpha value is -1.24. The van der Waals surface area contributed by atoms with Crippen LogP contribution in [0.2, 0.25) is 5.28 Å². The van der Waals surface area contributed by atoms with Gasteiger partial charge in [-0.25, -0.2) is 4.57 Å². The van der Waals surface area contributed by atoms with Crippen LogP contribution < -0.4 is 16.0 Å². The van der Waals surface area contributed by atoms with Gasteiger partial charge in [0, 0.05) is 21.3 Å². The van der Waals surface area contributed by atoms with Crippen LogP contribution in [-0.4, -0.2) is 74.7 Å². The first-order valence-electron chi connectivity index (χ1n) is 10.1. The number of fused-ring (bicyclic) bond motifs is 1. The van der Waals surface area contributed by atoms with Gasteiger partial charge in [-0.05, 0) is 31.9 Å². The molecule has 182 valence electrons. The number of aromatic nitrogens is 2. The summed E-state index contributed by atoms with van der Waals surface area (Å²) < 4.78 is 45.9. The second-order valence-electron chi connectivity index (χ2n) is 7.91. The Kier molecular flexibility index (Phi) is 7.58. The predicted octanol–water partition coefficient (Wildman–Crippen LogP) is 2.63. The Bertz CT molecular complexity index is 870. The Balaban J connectivity index is 2.01. The highest BCUT2D eigenvalue weighted by molar-refractivity contribution is 7.48. The van der Waals surface area contributed by atoms with Crippen molar-refractivity contribution in [3.05, 3.63) is 5.28 Å². The fourth-order valence-corrected chi connectivity index (χ4v) is 4.87. The van der Waals surface area contributed by atoms with E-state index in [9.17, 15) is 4.57 Å². The van der Waals surface area contributed by atoms with Crippen LogP contribution in [0.4, 0.5) is 17.3 Å². The monoisotopic (exact) mass is 495 g/mol. The highest BCUT2D eigenvalue weighted by atomic mass is 35.5. The number of nitrogen functional groups attached to an aromatic ring is 1. The highest BCUT2D eigenvalue weighted by Crippen LogP contribution is 2.49. The highest BCUT2D eigenvalue weighted by Gasteiger charge is 2.56. The molecule has 3 N–H and O–H groups in total. The molecule has 0 amide bonds. The van der Waals surface area contributed by atoms with E-state index in [4.69, 9.17) is 45.1 Å². The van der Waals surface area contributed by atoms with Gasteiger partial charge >= 0.3 is 7.82 Å². The first-order valence-corrected chi connectivity index (χ1v) is 11.9. The van der Waals surface area contributed by atoms with Crippen LogP contribution in [-0.2, 0) is 32.3 Å². The molecule has 1 aromatic rings. The summed E-state index contributed by atoms with van der Waals surface area (Å²) in [6, 6.07) is 0. The van der Waals surface area contributed by atoms with E-state index >= 15 is 0 Å². The van der Waals surface area contributed by atoms with Crippen molar-refractivity contribution in [2.75, 3.05) is 57.2 Å². The third kappa shape index (κ3) is 4.69. The summed E-state index contributed by atoms with van der Waals surface area (Å²) in [5.74, 6) is -0.113. The molecule has 3 rings (SSSR count). The van der Waals surface area contributed by atoms with Crippen LogP contribution in [0.3, 0.4) is 0 Å². The van der Waals surface area contributed by atoms with Gasteiger partial charge in [0.15, 0.2) is 17.4 Å². The normalized spacial score (nSPS) is 26.0. The smallest absolute Gasteiger partial charge is 0.382 e. The molecule has 2 aliphatic rings. The minimum Gasteiger partial charge on any atom is -0.382 e. The molecule has 1 aromatic heterocycles. The van der Waals surface area contributed by atoms with Crippen molar-refractivity contribution >= 4 is 36.7 Å². The number of hydrogen-bond donors (Lipinski definition) is 2. The van der Waals surface area contributed by atoms with Gasteiger partial charge in [0.2, 0.25) is 5.28 Å². The molecule has 0 radical (unpaired) electrons. The van der Waals surface area contributed by atoms with E-state index in [-0.39, 0.29) is 24.3 Å². The molecule has 0 saturated carbocycles. The molecule has 3 atom stereocenters. The molecular weight excluding hydrogens is 465 g/mol. The number of nitrogens with one attached hydrogen (secondary N) is 1. The van der Waals surface area contributed by atoms with Gasteiger partial charge in [-0.1, -0.05) is 6.92 Å². The van der Waals surface area contributed by atoms with Crippen molar-refractivity contribution in [3.63, 3.8) is 0 Å². The molecule has 1 fully saturated rings. The maximum Gasteiger partial charge on any atom is 0.474 e. The molecule has 0 aromatic carbocycles. The number of ether oxygens (including phenoxy) is 3. The van der Waals surface area contributed by atoms with Gasteiger partial charge in [-0.2, -0.15) is 9.97 Å². The zero-order chi connectivity index (χ0) is 23.7. The van der Waals surface area contributed by atoms with Crippen molar-refractivity contribution in [3.8, 4) is 0 Å². The van der Waals surface area contributed by atoms with Crippen molar-refractivity contribution in [1.82, 2.24) is 9.97 Å². The first-order chi connectivity index (χ1) is 15.0. The Morgan fingerprint density at radius 3 is 2.62 bits per heavy atom. The van der Waals surface area contributed by atoms with Gasteiger partial charge in [-0.15, -0.1) is 0 Å². The summed E-state index contributed by atoms with van der Waals surface area (Å²) in [6.45, 7) is 6.18. The summed E-state index contributed by atoms with van der Waals surface area (Å²) in [6.07, 6.45) is -0.663. The third-order valence-electron chi connectivity index (χ3n) is 5.80. The lowest BCUT2D eigenvalue weighted by Crippen LogP contribution is -2.70. The first kappa shape index (κ1) is 25.4. The zero-order valence-electron chi connectivity index (χ0n) is 19.1. The molecule has 0 bridgehead atoms. The Morgan fingerprint density at radius 1 is 1.34 bits per heavy atom. The number of halogens is 1. The number of nitrogens with zero attached hydrogens (tertiary/aromatic N) is 3. The van der Waals surface area contributed by atoms with E-state index < -0.39 is 31.4 Å². The summed E-state index contributed by atoms with van der Waals surface area (Å²) in [5, 5.41) is 3.26. The van der Waals surface area contributed by atoms with E-state index in [2.05, 4.69) is 15.3 Å². The molecule has 1 saturated heterocycles. The van der Waals surface area contributed by atoms with Crippen LogP contribution in [0.1, 0.15) is 27.2 Å². The zero-order valence-corrected chi connectivity index (χ0v) is 20.7. The van der Waals surface area contributed by atoms with E-state index in [1.807, 2.05) is 25.7 Å². The molecule has 12 nitrogen and oxygen atoms in total. The topological polar surface area (TPSA) is 140 Å². The quantitative estimate of drug-likeness (QED) is 0.384. The second kappa shape index (κ2) is 9.55. The van der Waals surface area contributed by atoms with E-state index in [1.54, 1.807) is 0 Å². The molecule has 0 aliphatic carbocycles. The average molecular weight is 496 g/mol. The number of hydrogen-bond acceptors (Lipinski definition) is 12. The van der Waals surface area contributed by atoms with Crippen LogP contribution in [0.25, 0.3) is 0 Å². The Morgan fingerprint density at radius 2 is 2.03 bits per heavy atom. The largest absolute Gasteiger partial charge is 0.474 e. The third-order valence-corrected chi connectivity index (χ3v) is 7.33. The number of rotatable bonds is 9. The fraction of sp³-hybridized carbons (Fsp3) is 0.778. The lowest BCUT2D eigenvalue weighted by molar-refractivity contribution is -0.316. The fourth-order valence-electron chi connectivity index (χ4n) is 4.01. The number of anilines is 3. The van der Waals surface area contributed by atoms with Gasteiger partial charge in [0.05, 0.1) is 25.4 Å². The molecule has 32 heavy (non-hydrogen) atoms. The maximum atomic E-state index is 12.5. The van der Waals surface area contributed by atoms with E-state index in [1.165, 1.54) is 21.3 Å². The van der Waals surface area contributed by atoms with Crippen molar-refractivity contribution < 1.29 is 32.3 Å². The maximum absolute atomic E-state index is 12.5. The molecule has 3 unspecified atom stereocenters. The number of methoxy groups -OCH3 is 1. The van der Waals surface area contributed by atoms with Crippen LogP contribution >= 0.6 is 19.4 Å². The van der Waals surface area contributed by atoms with Crippen LogP contribution in [0, 0.1) is 0 Å². The SMILES string of the molecule is CCC1(N2CNc3c(N)nc(Cl)nc32)COC(C)(C)OC1C(COP(=O)(OC)OC)OC. The van der Waals surface area contributed by atoms with Gasteiger partial charge in [0.25, 0.3) is 0 Å². The van der Waals surface area contributed by atoms with Crippen molar-refractivity contribution in [2.24, 2.45) is 0 Å². The average Bonchev–Trinajstić information content (AvgIpc) is 3.19. The molecule has 14 heteroatoms. The Labute approximate surface area is 192 Å². The number of phosphoric acid groups is 1. The molecule has 3 heterocycles. The van der Waals surface area contributed by atoms with Crippen LogP contribution in [0.5, 0.6) is 0 Å². The minimum atomic E-state index is -3.72. The molecular formula is C18H31ClN5O7P. The summed E-state index contributed by atoms with van der Waals surface area (Å²) in [4.78, 5) is 10.4. The van der Waals surface area contributed by atoms with Gasteiger partial charge in [-0.3, -0.25) is 13.6 Å². The van der Waals surface area contributed by atoms with Gasteiger partial charge in [0.1, 0.15) is 17.9 Å². The van der Waals surface area contributed by atoms with E-state index in [0.29, 0.717) is 24.6 Å². The lowest BCUT2D eigenvalue weighted by atomic mass is 9.83.